The smallest absolute Gasteiger partial charge is 0.313 e. The number of fused-ring (bicyclic) bond motifs is 6. The first-order valence-electron chi connectivity index (χ1n) is 19.8. The molecule has 1 N–H and O–H groups in total. The van der Waals surface area contributed by atoms with Crippen molar-refractivity contribution in [1.29, 1.82) is 0 Å². The van der Waals surface area contributed by atoms with Crippen molar-refractivity contribution in [2.75, 3.05) is 7.11 Å². The van der Waals surface area contributed by atoms with Crippen molar-refractivity contribution in [2.24, 2.45) is 40.9 Å². The fourth-order valence-corrected chi connectivity index (χ4v) is 10.0. The summed E-state index contributed by atoms with van der Waals surface area (Å²) in [7, 11) is 1.39. The molecular weight excluding hydrogens is 660 g/mol. The lowest BCUT2D eigenvalue weighted by Crippen LogP contribution is -2.54. The molecule has 11 atom stereocenters. The topological polar surface area (TPSA) is 125 Å². The normalized spacial score (nSPS) is 44.8. The van der Waals surface area contributed by atoms with E-state index >= 15 is 0 Å². The molecule has 0 aromatic rings. The highest BCUT2D eigenvalue weighted by Crippen LogP contribution is 2.64. The monoisotopic (exact) mass is 724 g/mol. The third-order valence-corrected chi connectivity index (χ3v) is 13.4. The van der Waals surface area contributed by atoms with Crippen molar-refractivity contribution in [3.63, 3.8) is 0 Å². The van der Waals surface area contributed by atoms with Gasteiger partial charge in [-0.05, 0) is 96.1 Å². The minimum atomic E-state index is -1.37. The summed E-state index contributed by atoms with van der Waals surface area (Å²) in [5, 5.41) is 12.1. The number of rotatable bonds is 3. The molecule has 3 fully saturated rings. The first-order chi connectivity index (χ1) is 24.3. The van der Waals surface area contributed by atoms with Crippen LogP contribution in [0.1, 0.15) is 133 Å². The van der Waals surface area contributed by atoms with Crippen LogP contribution in [0.2, 0.25) is 0 Å². The van der Waals surface area contributed by atoms with Crippen molar-refractivity contribution >= 4 is 23.5 Å². The summed E-state index contributed by atoms with van der Waals surface area (Å²) in [5.41, 5.74) is -2.43. The summed E-state index contributed by atoms with van der Waals surface area (Å²) >= 11 is 0. The van der Waals surface area contributed by atoms with Gasteiger partial charge in [-0.3, -0.25) is 19.2 Å². The van der Waals surface area contributed by atoms with Crippen LogP contribution in [0.4, 0.5) is 0 Å². The molecule has 9 heteroatoms. The SMILES string of the molecule is COC(=O)[C@@]12CC(=O)[C@@H](C(C)C)CC(=O)[C@@H](C)CCC[C@@H](C)/C=C3\O[C@@](C)(C[C@@H]31)/C1=C/C[C@](C)(O)[C@H]3CC[C@](C)(O3)[C@H](OC(C)=O)CC/C(C)=C/[C@H]12. The van der Waals surface area contributed by atoms with E-state index in [-0.39, 0.29) is 48.6 Å². The molecule has 5 rings (SSSR count). The Bertz CT molecular complexity index is 1500. The molecule has 5 aliphatic rings. The Morgan fingerprint density at radius 2 is 1.73 bits per heavy atom. The van der Waals surface area contributed by atoms with E-state index < -0.39 is 64.1 Å². The molecule has 2 saturated heterocycles. The molecule has 4 bridgehead atoms. The number of hydrogen-bond acceptors (Lipinski definition) is 9. The molecule has 290 valence electrons. The number of Topliss-reactive ketones (excluding diaryl/α,β-unsaturated/α-hetero) is 2. The Balaban J connectivity index is 1.75. The van der Waals surface area contributed by atoms with Gasteiger partial charge in [0.2, 0.25) is 0 Å². The minimum absolute atomic E-state index is 0.0914. The second-order valence-electron chi connectivity index (χ2n) is 18.0. The highest BCUT2D eigenvalue weighted by atomic mass is 16.6. The van der Waals surface area contributed by atoms with Crippen molar-refractivity contribution in [3.8, 4) is 0 Å². The molecule has 1 saturated carbocycles. The number of allylic oxidation sites excluding steroid dienone is 4. The molecule has 3 aliphatic heterocycles. The van der Waals surface area contributed by atoms with Gasteiger partial charge in [-0.2, -0.15) is 0 Å². The number of ketones is 2. The van der Waals surface area contributed by atoms with E-state index in [1.54, 1.807) is 6.92 Å². The molecule has 0 radical (unpaired) electrons. The quantitative estimate of drug-likeness (QED) is 0.230. The number of esters is 2. The number of hydrogen-bond donors (Lipinski definition) is 1. The molecule has 52 heavy (non-hydrogen) atoms. The largest absolute Gasteiger partial charge is 0.488 e. The van der Waals surface area contributed by atoms with Crippen LogP contribution >= 0.6 is 0 Å². The Kier molecular flexibility index (Phi) is 11.8. The van der Waals surface area contributed by atoms with Gasteiger partial charge in [-0.1, -0.05) is 51.8 Å². The van der Waals surface area contributed by atoms with Crippen molar-refractivity contribution in [1.82, 2.24) is 0 Å². The van der Waals surface area contributed by atoms with Crippen LogP contribution in [0.25, 0.3) is 0 Å². The molecule has 3 heterocycles. The van der Waals surface area contributed by atoms with Gasteiger partial charge in [0.05, 0.1) is 30.0 Å². The van der Waals surface area contributed by atoms with E-state index in [0.717, 1.165) is 30.4 Å². The summed E-state index contributed by atoms with van der Waals surface area (Å²) in [6.45, 7) is 17.3. The lowest BCUT2D eigenvalue weighted by Gasteiger charge is -2.48. The molecule has 2 aliphatic carbocycles. The van der Waals surface area contributed by atoms with E-state index in [0.29, 0.717) is 37.9 Å². The summed E-state index contributed by atoms with van der Waals surface area (Å²) < 4.78 is 25.3. The minimum Gasteiger partial charge on any atom is -0.488 e. The van der Waals surface area contributed by atoms with Crippen LogP contribution in [0.5, 0.6) is 0 Å². The van der Waals surface area contributed by atoms with Gasteiger partial charge in [0.1, 0.15) is 28.9 Å². The average Bonchev–Trinajstić information content (AvgIpc) is 3.61. The molecule has 9 nitrogen and oxygen atoms in total. The van der Waals surface area contributed by atoms with Gasteiger partial charge in [-0.25, -0.2) is 0 Å². The standard InChI is InChI=1S/C43H64O9/c1-25(2)30-22-34(45)28(5)13-11-12-26(3)21-36-33-23-42(9,51-36)31-16-18-40(7,48)37-17-19-41(8,52-37)38(50-29(6)44)15-14-27(4)20-32(31)43(33,24-35(30)46)39(47)49-10/h16,20-21,25-26,28,30,32-33,37-38,48H,11-15,17-19,22-24H2,1-10H3/b27-20+,31-16+,36-21-/t26-,28+,30-,32-,33+,37-,38-,40+,41+,42+,43-/m1/s1. The van der Waals surface area contributed by atoms with Gasteiger partial charge in [-0.15, -0.1) is 0 Å². The van der Waals surface area contributed by atoms with Gasteiger partial charge in [0, 0.05) is 49.9 Å². The zero-order chi connectivity index (χ0) is 38.4. The predicted octanol–water partition coefficient (Wildman–Crippen LogP) is 7.78. The van der Waals surface area contributed by atoms with Gasteiger partial charge in [0.25, 0.3) is 0 Å². The van der Waals surface area contributed by atoms with Gasteiger partial charge in [0.15, 0.2) is 0 Å². The van der Waals surface area contributed by atoms with Crippen LogP contribution in [0.15, 0.2) is 35.1 Å². The van der Waals surface area contributed by atoms with Gasteiger partial charge < -0.3 is 24.1 Å². The number of aliphatic hydroxyl groups is 1. The zero-order valence-corrected chi connectivity index (χ0v) is 33.3. The number of methoxy groups -OCH3 is 1. The molecule has 0 spiro atoms. The van der Waals surface area contributed by atoms with Crippen LogP contribution in [0, 0.1) is 40.9 Å². The van der Waals surface area contributed by atoms with E-state index in [4.69, 9.17) is 18.9 Å². The summed E-state index contributed by atoms with van der Waals surface area (Å²) in [5.74, 6) is -1.93. The number of ether oxygens (including phenoxy) is 4. The second kappa shape index (κ2) is 15.2. The highest BCUT2D eigenvalue weighted by Gasteiger charge is 2.67. The number of carbonyl (C=O) groups excluding carboxylic acids is 4. The fraction of sp³-hybridized carbons (Fsp3) is 0.767. The lowest BCUT2D eigenvalue weighted by atomic mass is 9.52. The van der Waals surface area contributed by atoms with Crippen molar-refractivity contribution in [3.05, 3.63) is 35.1 Å². The average molecular weight is 725 g/mol. The molecule has 0 aromatic carbocycles. The summed E-state index contributed by atoms with van der Waals surface area (Å²) in [6, 6.07) is 0. The Morgan fingerprint density at radius 1 is 1.02 bits per heavy atom. The van der Waals surface area contributed by atoms with Crippen molar-refractivity contribution in [2.45, 2.75) is 162 Å². The van der Waals surface area contributed by atoms with E-state index in [1.165, 1.54) is 14.0 Å². The molecule has 0 aromatic heterocycles. The molecule has 0 amide bonds. The fourth-order valence-electron chi connectivity index (χ4n) is 10.0. The number of carbonyl (C=O) groups is 4. The van der Waals surface area contributed by atoms with E-state index in [1.807, 2.05) is 40.7 Å². The third kappa shape index (κ3) is 7.73. The first kappa shape index (κ1) is 40.4. The maximum absolute atomic E-state index is 14.8. The van der Waals surface area contributed by atoms with E-state index in [9.17, 15) is 24.3 Å². The summed E-state index contributed by atoms with van der Waals surface area (Å²) in [4.78, 5) is 55.5. The summed E-state index contributed by atoms with van der Waals surface area (Å²) in [6.07, 6.45) is 10.7. The zero-order valence-electron chi connectivity index (χ0n) is 33.3. The van der Waals surface area contributed by atoms with Crippen LogP contribution in [0.3, 0.4) is 0 Å². The van der Waals surface area contributed by atoms with E-state index in [2.05, 4.69) is 26.0 Å². The maximum Gasteiger partial charge on any atom is 0.313 e. The Labute approximate surface area is 311 Å². The second-order valence-corrected chi connectivity index (χ2v) is 18.0. The van der Waals surface area contributed by atoms with Crippen LogP contribution < -0.4 is 0 Å². The van der Waals surface area contributed by atoms with Crippen LogP contribution in [-0.4, -0.2) is 64.7 Å². The highest BCUT2D eigenvalue weighted by molar-refractivity contribution is 5.93. The molecule has 0 unspecified atom stereocenters. The van der Waals surface area contributed by atoms with Gasteiger partial charge >= 0.3 is 11.9 Å². The van der Waals surface area contributed by atoms with Crippen LogP contribution in [-0.2, 0) is 38.1 Å². The predicted molar refractivity (Wildman–Crippen MR) is 198 cm³/mol. The molecular formula is C43H64O9. The lowest BCUT2D eigenvalue weighted by molar-refractivity contribution is -0.182. The Hall–Kier alpha value is -2.78. The first-order valence-corrected chi connectivity index (χ1v) is 19.8. The van der Waals surface area contributed by atoms with Crippen molar-refractivity contribution < 1.29 is 43.2 Å². The Morgan fingerprint density at radius 3 is 2.38 bits per heavy atom. The maximum atomic E-state index is 14.8. The third-order valence-electron chi connectivity index (χ3n) is 13.4.